The van der Waals surface area contributed by atoms with Gasteiger partial charge in [-0.1, -0.05) is 231 Å². The lowest BCUT2D eigenvalue weighted by molar-refractivity contribution is -0.167. The predicted molar refractivity (Wildman–Crippen MR) is 270 cm³/mol. The van der Waals surface area contributed by atoms with Gasteiger partial charge in [-0.15, -0.1) is 0 Å². The summed E-state index contributed by atoms with van der Waals surface area (Å²) in [5, 5.41) is 0. The van der Waals surface area contributed by atoms with E-state index in [1.165, 1.54) is 161 Å². The van der Waals surface area contributed by atoms with E-state index in [-0.39, 0.29) is 31.1 Å². The average molecular weight is 885 g/mol. The Bertz CT molecular complexity index is 1060. The highest BCUT2D eigenvalue weighted by molar-refractivity contribution is 5.71. The van der Waals surface area contributed by atoms with Crippen molar-refractivity contribution >= 4 is 17.9 Å². The lowest BCUT2D eigenvalue weighted by Crippen LogP contribution is -2.30. The zero-order valence-electron chi connectivity index (χ0n) is 42.1. The van der Waals surface area contributed by atoms with Crippen molar-refractivity contribution in [2.24, 2.45) is 0 Å². The molecule has 0 amide bonds. The van der Waals surface area contributed by atoms with Crippen LogP contribution in [0.4, 0.5) is 0 Å². The summed E-state index contributed by atoms with van der Waals surface area (Å²) in [4.78, 5) is 38.0. The van der Waals surface area contributed by atoms with Gasteiger partial charge in [-0.05, 0) is 77.0 Å². The first-order valence-electron chi connectivity index (χ1n) is 27.5. The Labute approximate surface area is 391 Å². The fourth-order valence-corrected chi connectivity index (χ4v) is 7.94. The SMILES string of the molecule is CCCCC/C=C\C/C=C\CCCCCCCC(=O)O[C@H](COC(=O)CCCCCCC/C=C\CCCCC)COC(=O)CCCCCCCCCCCCCCCCCCCC. The van der Waals surface area contributed by atoms with Gasteiger partial charge in [0, 0.05) is 19.3 Å². The number of unbranched alkanes of at least 4 members (excludes halogenated alkanes) is 33. The van der Waals surface area contributed by atoms with E-state index in [2.05, 4.69) is 57.2 Å². The van der Waals surface area contributed by atoms with E-state index < -0.39 is 6.10 Å². The minimum atomic E-state index is -0.779. The van der Waals surface area contributed by atoms with Crippen LogP contribution in [0.5, 0.6) is 0 Å². The topological polar surface area (TPSA) is 78.9 Å². The monoisotopic (exact) mass is 885 g/mol. The van der Waals surface area contributed by atoms with E-state index >= 15 is 0 Å². The summed E-state index contributed by atoms with van der Waals surface area (Å²) < 4.78 is 16.8. The molecule has 0 bridgehead atoms. The molecule has 63 heavy (non-hydrogen) atoms. The molecule has 0 aromatic carbocycles. The third kappa shape index (κ3) is 50.5. The highest BCUT2D eigenvalue weighted by atomic mass is 16.6. The van der Waals surface area contributed by atoms with E-state index in [4.69, 9.17) is 14.2 Å². The van der Waals surface area contributed by atoms with Crippen LogP contribution in [0.1, 0.15) is 290 Å². The first-order chi connectivity index (χ1) is 31.0. The Hall–Kier alpha value is -2.37. The van der Waals surface area contributed by atoms with Crippen molar-refractivity contribution in [3.05, 3.63) is 36.5 Å². The fraction of sp³-hybridized carbons (Fsp3) is 0.842. The van der Waals surface area contributed by atoms with Gasteiger partial charge in [0.1, 0.15) is 13.2 Å². The molecule has 0 aliphatic carbocycles. The summed E-state index contributed by atoms with van der Waals surface area (Å²) in [6.45, 7) is 6.60. The van der Waals surface area contributed by atoms with E-state index in [0.717, 1.165) is 89.9 Å². The molecule has 6 heteroatoms. The second-order valence-corrected chi connectivity index (χ2v) is 18.5. The molecule has 368 valence electrons. The third-order valence-corrected chi connectivity index (χ3v) is 12.1. The molecule has 0 aromatic rings. The second-order valence-electron chi connectivity index (χ2n) is 18.5. The van der Waals surface area contributed by atoms with Gasteiger partial charge < -0.3 is 14.2 Å². The van der Waals surface area contributed by atoms with Crippen LogP contribution in [0.25, 0.3) is 0 Å². The molecule has 0 saturated carbocycles. The van der Waals surface area contributed by atoms with Crippen molar-refractivity contribution < 1.29 is 28.6 Å². The lowest BCUT2D eigenvalue weighted by atomic mass is 10.0. The number of esters is 3. The summed E-state index contributed by atoms with van der Waals surface area (Å²) in [7, 11) is 0. The smallest absolute Gasteiger partial charge is 0.306 e. The average Bonchev–Trinajstić information content (AvgIpc) is 3.28. The molecule has 0 heterocycles. The summed E-state index contributed by atoms with van der Waals surface area (Å²) in [6.07, 6.45) is 61.3. The second kappa shape index (κ2) is 52.3. The number of hydrogen-bond acceptors (Lipinski definition) is 6. The van der Waals surface area contributed by atoms with Crippen molar-refractivity contribution in [1.82, 2.24) is 0 Å². The molecule has 0 fully saturated rings. The van der Waals surface area contributed by atoms with Gasteiger partial charge in [0.2, 0.25) is 0 Å². The standard InChI is InChI=1S/C57H104O6/c1-4-7-10-13-16-19-22-25-27-28-29-31-32-35-38-41-44-47-50-56(59)62-53-54(52-61-55(58)49-46-43-40-37-34-24-21-18-15-12-9-6-3)63-57(60)51-48-45-42-39-36-33-30-26-23-20-17-14-11-8-5-2/h17-18,20-21,26,30,54H,4-16,19,22-25,27-29,31-53H2,1-3H3/b20-17-,21-18-,30-26-/t54-/m1/s1. The minimum absolute atomic E-state index is 0.0773. The van der Waals surface area contributed by atoms with Crippen LogP contribution in [0, 0.1) is 0 Å². The molecule has 6 nitrogen and oxygen atoms in total. The maximum atomic E-state index is 12.8. The van der Waals surface area contributed by atoms with Gasteiger partial charge in [0.15, 0.2) is 6.10 Å². The first kappa shape index (κ1) is 60.6. The van der Waals surface area contributed by atoms with Crippen LogP contribution in [-0.4, -0.2) is 37.2 Å². The molecule has 0 aromatic heterocycles. The van der Waals surface area contributed by atoms with Gasteiger partial charge >= 0.3 is 17.9 Å². The van der Waals surface area contributed by atoms with E-state index in [9.17, 15) is 14.4 Å². The van der Waals surface area contributed by atoms with Gasteiger partial charge in [-0.25, -0.2) is 0 Å². The zero-order valence-corrected chi connectivity index (χ0v) is 42.1. The van der Waals surface area contributed by atoms with Crippen molar-refractivity contribution in [2.75, 3.05) is 13.2 Å². The molecule has 0 aliphatic rings. The van der Waals surface area contributed by atoms with Gasteiger partial charge in [-0.2, -0.15) is 0 Å². The van der Waals surface area contributed by atoms with Crippen molar-refractivity contribution in [1.29, 1.82) is 0 Å². The van der Waals surface area contributed by atoms with Crippen molar-refractivity contribution in [3.8, 4) is 0 Å². The van der Waals surface area contributed by atoms with Gasteiger partial charge in [-0.3, -0.25) is 14.4 Å². The first-order valence-corrected chi connectivity index (χ1v) is 27.5. The molecule has 0 unspecified atom stereocenters. The number of carbonyl (C=O) groups is 3. The van der Waals surface area contributed by atoms with Gasteiger partial charge in [0.25, 0.3) is 0 Å². The van der Waals surface area contributed by atoms with E-state index in [0.29, 0.717) is 19.3 Å². The summed E-state index contributed by atoms with van der Waals surface area (Å²) >= 11 is 0. The highest BCUT2D eigenvalue weighted by Gasteiger charge is 2.19. The van der Waals surface area contributed by atoms with Crippen LogP contribution in [-0.2, 0) is 28.6 Å². The summed E-state index contributed by atoms with van der Waals surface area (Å²) in [5.74, 6) is -0.887. The van der Waals surface area contributed by atoms with E-state index in [1.54, 1.807) is 0 Å². The lowest BCUT2D eigenvalue weighted by Gasteiger charge is -2.18. The van der Waals surface area contributed by atoms with E-state index in [1.807, 2.05) is 0 Å². The van der Waals surface area contributed by atoms with Crippen molar-refractivity contribution in [3.63, 3.8) is 0 Å². The molecule has 0 radical (unpaired) electrons. The number of carbonyl (C=O) groups excluding carboxylic acids is 3. The normalized spacial score (nSPS) is 12.2. The van der Waals surface area contributed by atoms with Crippen LogP contribution < -0.4 is 0 Å². The third-order valence-electron chi connectivity index (χ3n) is 12.1. The Morgan fingerprint density at radius 3 is 0.921 bits per heavy atom. The molecule has 1 atom stereocenters. The number of ether oxygens (including phenoxy) is 3. The zero-order chi connectivity index (χ0) is 45.8. The number of allylic oxidation sites excluding steroid dienone is 6. The van der Waals surface area contributed by atoms with Gasteiger partial charge in [0.05, 0.1) is 0 Å². The molecular weight excluding hydrogens is 781 g/mol. The molecular formula is C57H104O6. The highest BCUT2D eigenvalue weighted by Crippen LogP contribution is 2.16. The number of hydrogen-bond donors (Lipinski definition) is 0. The molecule has 0 N–H and O–H groups in total. The van der Waals surface area contributed by atoms with Crippen LogP contribution >= 0.6 is 0 Å². The minimum Gasteiger partial charge on any atom is -0.462 e. The van der Waals surface area contributed by atoms with Crippen LogP contribution in [0.2, 0.25) is 0 Å². The maximum Gasteiger partial charge on any atom is 0.306 e. The summed E-state index contributed by atoms with van der Waals surface area (Å²) in [6, 6.07) is 0. The quantitative estimate of drug-likeness (QED) is 0.0262. The fourth-order valence-electron chi connectivity index (χ4n) is 7.94. The molecule has 0 aliphatic heterocycles. The van der Waals surface area contributed by atoms with Crippen LogP contribution in [0.15, 0.2) is 36.5 Å². The Morgan fingerprint density at radius 2 is 0.571 bits per heavy atom. The number of rotatable bonds is 50. The Kier molecular flexibility index (Phi) is 50.3. The van der Waals surface area contributed by atoms with Crippen molar-refractivity contribution in [2.45, 2.75) is 297 Å². The molecule has 0 rings (SSSR count). The Morgan fingerprint density at radius 1 is 0.317 bits per heavy atom. The largest absolute Gasteiger partial charge is 0.462 e. The van der Waals surface area contributed by atoms with Crippen LogP contribution in [0.3, 0.4) is 0 Å². The molecule has 0 saturated heterocycles. The maximum absolute atomic E-state index is 12.8. The molecule has 0 spiro atoms. The predicted octanol–water partition coefficient (Wildman–Crippen LogP) is 18.1. The Balaban J connectivity index is 4.34. The summed E-state index contributed by atoms with van der Waals surface area (Å²) in [5.41, 5.74) is 0.